The molecule has 0 saturated carbocycles. The van der Waals surface area contributed by atoms with E-state index >= 15 is 0 Å². The minimum atomic E-state index is -0.307. The van der Waals surface area contributed by atoms with Crippen LogP contribution in [0.4, 0.5) is 24.9 Å². The summed E-state index contributed by atoms with van der Waals surface area (Å²) < 4.78 is 42.3. The largest absolute Gasteiger partial charge is 0.496 e. The number of hydrogen-bond donors (Lipinski definition) is 5. The lowest BCUT2D eigenvalue weighted by atomic mass is 9.79. The third kappa shape index (κ3) is 23.0. The van der Waals surface area contributed by atoms with Crippen molar-refractivity contribution in [2.75, 3.05) is 83.3 Å². The zero-order valence-electron chi connectivity index (χ0n) is 77.5. The summed E-state index contributed by atoms with van der Waals surface area (Å²) in [6, 6.07) is 36.8. The number of ether oxygens (including phenoxy) is 5. The Bertz CT molecular complexity index is 5590. The van der Waals surface area contributed by atoms with E-state index < -0.39 is 0 Å². The van der Waals surface area contributed by atoms with Crippen LogP contribution in [0.3, 0.4) is 0 Å². The second-order valence-electron chi connectivity index (χ2n) is 38.7. The fourth-order valence-corrected chi connectivity index (χ4v) is 22.6. The summed E-state index contributed by atoms with van der Waals surface area (Å²) in [6.45, 7) is 36.2. The number of hydrogen-bond acceptors (Lipinski definition) is 29. The van der Waals surface area contributed by atoms with Gasteiger partial charge in [0.25, 0.3) is 0 Å². The van der Waals surface area contributed by atoms with Crippen molar-refractivity contribution in [2.24, 2.45) is 0 Å². The van der Waals surface area contributed by atoms with Crippen LogP contribution in [0.25, 0.3) is 86.8 Å². The maximum Gasteiger partial charge on any atom is 0.213 e. The van der Waals surface area contributed by atoms with Crippen molar-refractivity contribution in [1.82, 2.24) is 87.2 Å². The summed E-state index contributed by atoms with van der Waals surface area (Å²) in [4.78, 5) is 21.8. The molecule has 0 bridgehead atoms. The van der Waals surface area contributed by atoms with Gasteiger partial charge in [-0.25, -0.2) is 14.4 Å². The number of piperidine rings is 4. The number of aromatic nitrogens is 13. The van der Waals surface area contributed by atoms with E-state index in [2.05, 4.69) is 270 Å². The Labute approximate surface area is 758 Å². The van der Waals surface area contributed by atoms with Gasteiger partial charge in [0.2, 0.25) is 32.3 Å². The maximum atomic E-state index is 14.8. The molecule has 4 fully saturated rings. The van der Waals surface area contributed by atoms with Crippen LogP contribution in [-0.4, -0.2) is 198 Å². The molecular formula is C95H124FN21O5S4. The van der Waals surface area contributed by atoms with Gasteiger partial charge >= 0.3 is 0 Å². The van der Waals surface area contributed by atoms with Crippen molar-refractivity contribution in [3.8, 4) is 116 Å². The lowest BCUT2D eigenvalue weighted by Crippen LogP contribution is -2.61. The zero-order chi connectivity index (χ0) is 90.6. The molecule has 0 radical (unpaired) electrons. The smallest absolute Gasteiger partial charge is 0.213 e. The average molecular weight is 1790 g/mol. The van der Waals surface area contributed by atoms with Crippen LogP contribution in [0.2, 0.25) is 0 Å². The number of aromatic amines is 1. The third-order valence-electron chi connectivity index (χ3n) is 23.6. The molecule has 12 aromatic rings. The molecule has 16 rings (SSSR count). The number of anilines is 4. The topological polar surface area (TPSA) is 278 Å². The van der Waals surface area contributed by atoms with Gasteiger partial charge in [-0.1, -0.05) is 75.7 Å². The number of nitrogens with zero attached hydrogens (tertiary/aromatic N) is 16. The molecule has 12 heterocycles. The molecule has 0 unspecified atom stereocenters. The first-order chi connectivity index (χ1) is 59.5. The normalized spacial score (nSPS) is 17.9. The monoisotopic (exact) mass is 1790 g/mol. The Morgan fingerprint density at radius 3 is 0.960 bits per heavy atom. The van der Waals surface area contributed by atoms with E-state index in [9.17, 15) is 4.39 Å². The predicted octanol–water partition coefficient (Wildman–Crippen LogP) is 19.6. The van der Waals surface area contributed by atoms with Gasteiger partial charge in [-0.3, -0.25) is 10.1 Å². The van der Waals surface area contributed by atoms with Crippen LogP contribution in [0, 0.1) is 5.82 Å². The molecule has 126 heavy (non-hydrogen) atoms. The van der Waals surface area contributed by atoms with Gasteiger partial charge < -0.3 is 64.6 Å². The van der Waals surface area contributed by atoms with Crippen LogP contribution >= 0.6 is 45.3 Å². The van der Waals surface area contributed by atoms with Crippen molar-refractivity contribution in [2.45, 2.75) is 231 Å². The van der Waals surface area contributed by atoms with E-state index in [1.54, 1.807) is 107 Å². The van der Waals surface area contributed by atoms with E-state index in [-0.39, 0.29) is 50.1 Å². The fraction of sp³-hybridized carbons (Fsp3) is 0.474. The lowest BCUT2D eigenvalue weighted by Gasteiger charge is -2.48. The van der Waals surface area contributed by atoms with Crippen LogP contribution < -0.4 is 64.6 Å². The number of halogens is 1. The molecule has 31 heteroatoms. The zero-order valence-corrected chi connectivity index (χ0v) is 80.8. The van der Waals surface area contributed by atoms with E-state index in [4.69, 9.17) is 23.7 Å². The first-order valence-corrected chi connectivity index (χ1v) is 46.0. The number of methoxy groups -OCH3 is 5. The molecule has 4 saturated heterocycles. The number of H-pyrrole nitrogens is 1. The van der Waals surface area contributed by atoms with Gasteiger partial charge in [-0.05, 0) is 257 Å². The quantitative estimate of drug-likeness (QED) is 0.0447. The summed E-state index contributed by atoms with van der Waals surface area (Å²) >= 11 is 6.24. The highest BCUT2D eigenvalue weighted by molar-refractivity contribution is 7.19. The van der Waals surface area contributed by atoms with E-state index in [1.807, 2.05) is 79.0 Å². The highest BCUT2D eigenvalue weighted by atomic mass is 32.1. The number of pyridine rings is 3. The molecule has 0 spiro atoms. The Hall–Kier alpha value is -10.3. The number of benzene rings is 4. The molecule has 26 nitrogen and oxygen atoms in total. The van der Waals surface area contributed by atoms with Gasteiger partial charge in [-0.2, -0.15) is 5.10 Å². The Morgan fingerprint density at radius 1 is 0.325 bits per heavy atom. The van der Waals surface area contributed by atoms with Crippen molar-refractivity contribution in [3.05, 3.63) is 152 Å². The SMILES string of the molecule is CN(c1nnc(-c2ccc(-c3cn[nH]c3)cc2F)s1)C1CC(C)(C)NC(C)(C)C1.COc1cc(-c2ccc(-c3nnc(N(C)C4CC(C)(C)NC(C)(C)C4)s3)c(OC)c2)ccn1.COc1cc(-c2cccnc2)ccc1-c1nnc(N(C)C2CC(C)(C)NC(C)(C)C2)s1.COc1ccc(-c2ccc(-c3nnc(N(C)C4CC(C)(C)NC(C)(C)C4)s3)c(OC)c2)cn1. The van der Waals surface area contributed by atoms with Crippen LogP contribution in [-0.2, 0) is 0 Å². The number of nitrogens with one attached hydrogen (secondary N) is 5. The average Bonchev–Trinajstić information content (AvgIpc) is 1.64. The molecule has 4 aromatic carbocycles. The van der Waals surface area contributed by atoms with Crippen molar-refractivity contribution in [3.63, 3.8) is 0 Å². The van der Waals surface area contributed by atoms with Crippen molar-refractivity contribution in [1.29, 1.82) is 0 Å². The summed E-state index contributed by atoms with van der Waals surface area (Å²) in [5.74, 6) is 3.18. The number of rotatable bonds is 21. The van der Waals surface area contributed by atoms with Crippen molar-refractivity contribution >= 4 is 65.9 Å². The fourth-order valence-electron chi connectivity index (χ4n) is 19.0. The molecule has 0 amide bonds. The van der Waals surface area contributed by atoms with Crippen LogP contribution in [0.5, 0.6) is 29.0 Å². The Balaban J connectivity index is 0.000000144. The highest BCUT2D eigenvalue weighted by Gasteiger charge is 2.44. The second-order valence-corrected chi connectivity index (χ2v) is 42.5. The summed E-state index contributed by atoms with van der Waals surface area (Å²) in [6.07, 6.45) is 18.9. The molecule has 0 atom stereocenters. The minimum absolute atomic E-state index is 0.0449. The lowest BCUT2D eigenvalue weighted by molar-refractivity contribution is 0.160. The van der Waals surface area contributed by atoms with Crippen molar-refractivity contribution < 1.29 is 28.1 Å². The first kappa shape index (κ1) is 93.4. The highest BCUT2D eigenvalue weighted by Crippen LogP contribution is 2.46. The molecule has 670 valence electrons. The first-order valence-electron chi connectivity index (χ1n) is 42.7. The minimum Gasteiger partial charge on any atom is -0.496 e. The Morgan fingerprint density at radius 2 is 0.651 bits per heavy atom. The van der Waals surface area contributed by atoms with Gasteiger partial charge in [0.1, 0.15) is 23.1 Å². The summed E-state index contributed by atoms with van der Waals surface area (Å²) in [5.41, 5.74) is 11.7. The van der Waals surface area contributed by atoms with Gasteiger partial charge in [0, 0.05) is 162 Å². The van der Waals surface area contributed by atoms with Crippen LogP contribution in [0.1, 0.15) is 162 Å². The van der Waals surface area contributed by atoms with Crippen LogP contribution in [0.15, 0.2) is 146 Å². The maximum absolute atomic E-state index is 14.8. The molecule has 4 aliphatic heterocycles. The summed E-state index contributed by atoms with van der Waals surface area (Å²) in [5, 5.41) is 64.2. The molecular weight excluding hydrogens is 1660 g/mol. The predicted molar refractivity (Wildman–Crippen MR) is 512 cm³/mol. The second kappa shape index (κ2) is 38.0. The van der Waals surface area contributed by atoms with E-state index in [0.29, 0.717) is 46.5 Å². The molecule has 8 aromatic heterocycles. The molecule has 0 aliphatic carbocycles. The third-order valence-corrected chi connectivity index (χ3v) is 27.8. The molecule has 4 aliphatic rings. The van der Waals surface area contributed by atoms with E-state index in [1.165, 1.54) is 17.4 Å². The van der Waals surface area contributed by atoms with Gasteiger partial charge in [0.15, 0.2) is 20.0 Å². The van der Waals surface area contributed by atoms with Gasteiger partial charge in [0.05, 0.1) is 58.4 Å². The van der Waals surface area contributed by atoms with Gasteiger partial charge in [-0.15, -0.1) is 40.8 Å². The Kier molecular flexibility index (Phi) is 28.1. The summed E-state index contributed by atoms with van der Waals surface area (Å²) in [7, 11) is 16.7. The van der Waals surface area contributed by atoms with E-state index in [0.717, 1.165) is 165 Å². The molecule has 5 N–H and O–H groups in total. The standard InChI is InChI=1S/2C25H33N5O2S.C24H31N5OS.C21H27FN6S/c1-24(2)13-18(14-25(3,4)29-24)30(5)23-28-27-22(33-23)19-10-8-16(12-20(19)31-6)17-9-11-21(32-7)26-15-17;1-24(2)14-18(15-25(3,4)29-24)30(5)23-28-27-22(33-23)19-9-8-16(12-20(19)31-6)17-10-11-26-21(13-17)32-7;1-23(2)13-18(14-24(3,4)28-23)29(5)22-27-26-21(31-22)19-10-9-16(12-20(19)30-6)17-8-7-11-25-15-17;1-20(2)9-15(10-21(3,4)27-20)28(5)19-26-25-18(29-19)16-7-6-13(8-17(16)22)14-11-23-24-12-14/h8-12,15,18,29H,13-14H2,1-7H3;8-13,18,29H,14-15H2,1-7H3;7-12,15,18,28H,13-14H2,1-6H3;6-8,11-12,15,27H,9-10H2,1-5H3,(H,23,24).